The lowest BCUT2D eigenvalue weighted by Crippen LogP contribution is -2.39. The second-order valence-electron chi connectivity index (χ2n) is 14.3. The molecule has 0 aliphatic carbocycles. The summed E-state index contributed by atoms with van der Waals surface area (Å²) in [5.41, 5.74) is 0. The molecule has 0 saturated carbocycles. The molecule has 0 amide bonds. The highest BCUT2D eigenvalue weighted by Crippen LogP contribution is 2.24. The molecule has 0 bridgehead atoms. The van der Waals surface area contributed by atoms with Crippen LogP contribution in [-0.4, -0.2) is 29.1 Å². The van der Waals surface area contributed by atoms with Gasteiger partial charge in [-0.3, -0.25) is 0 Å². The van der Waals surface area contributed by atoms with E-state index in [4.69, 9.17) is 0 Å². The van der Waals surface area contributed by atoms with Gasteiger partial charge in [-0.25, -0.2) is 0 Å². The lowest BCUT2D eigenvalue weighted by atomic mass is 10.0. The van der Waals surface area contributed by atoms with Gasteiger partial charge in [0.05, 0.1) is 0 Å². The van der Waals surface area contributed by atoms with Crippen molar-refractivity contribution in [3.05, 3.63) is 12.4 Å². The van der Waals surface area contributed by atoms with Crippen LogP contribution in [-0.2, 0) is 0 Å². The molecule has 0 spiro atoms. The van der Waals surface area contributed by atoms with Crippen molar-refractivity contribution in [1.29, 1.82) is 0 Å². The Balaban J connectivity index is 2.15. The zero-order chi connectivity index (χ0) is 30.9. The van der Waals surface area contributed by atoms with Crippen molar-refractivity contribution in [3.63, 3.8) is 0 Å². The van der Waals surface area contributed by atoms with E-state index in [9.17, 15) is 0 Å². The smallest absolute Gasteiger partial charge is 0.101 e. The molecule has 1 aliphatic rings. The highest BCUT2D eigenvalue weighted by atomic mass is 15.4. The number of hydrogen-bond donors (Lipinski definition) is 0. The minimum atomic E-state index is 0.640. The number of nitrogens with zero attached hydrogens (tertiary/aromatic N) is 2. The summed E-state index contributed by atoms with van der Waals surface area (Å²) in [5.74, 6) is 0. The molecule has 1 rings (SSSR count). The predicted octanol–water partition coefficient (Wildman–Crippen LogP) is 14.3. The summed E-state index contributed by atoms with van der Waals surface area (Å²) in [7, 11) is 0. The zero-order valence-corrected chi connectivity index (χ0v) is 30.4. The van der Waals surface area contributed by atoms with E-state index >= 15 is 0 Å². The minimum absolute atomic E-state index is 0.640. The fraction of sp³-hybridized carbons (Fsp3) is 0.951. The second-order valence-corrected chi connectivity index (χ2v) is 14.3. The van der Waals surface area contributed by atoms with E-state index in [2.05, 4.69) is 43.0 Å². The molecule has 0 aromatic carbocycles. The third kappa shape index (κ3) is 25.2. The quantitative estimate of drug-likeness (QED) is 0.0666. The van der Waals surface area contributed by atoms with Crippen molar-refractivity contribution in [2.24, 2.45) is 0 Å². The van der Waals surface area contributed by atoms with Crippen LogP contribution in [0.25, 0.3) is 0 Å². The van der Waals surface area contributed by atoms with Crippen LogP contribution in [0.1, 0.15) is 233 Å². The predicted molar refractivity (Wildman–Crippen MR) is 196 cm³/mol. The Kier molecular flexibility index (Phi) is 30.7. The first-order chi connectivity index (χ1) is 21.3. The molecule has 2 nitrogen and oxygen atoms in total. The number of unbranched alkanes of at least 4 members (excludes halogenated alkanes) is 29. The molecule has 0 unspecified atom stereocenters. The Morgan fingerprint density at radius 2 is 0.535 bits per heavy atom. The van der Waals surface area contributed by atoms with E-state index < -0.39 is 0 Å². The lowest BCUT2D eigenvalue weighted by Gasteiger charge is -2.33. The van der Waals surface area contributed by atoms with Crippen LogP contribution in [0.15, 0.2) is 12.4 Å². The summed E-state index contributed by atoms with van der Waals surface area (Å²) in [6, 6.07) is 0. The average molecular weight is 603 g/mol. The van der Waals surface area contributed by atoms with Crippen LogP contribution in [0.5, 0.6) is 0 Å². The molecule has 0 aromatic rings. The van der Waals surface area contributed by atoms with Gasteiger partial charge in [-0.05, 0) is 25.7 Å². The Labute approximate surface area is 273 Å². The van der Waals surface area contributed by atoms with Crippen LogP contribution in [0.3, 0.4) is 0 Å². The maximum absolute atomic E-state index is 2.72. The summed E-state index contributed by atoms with van der Waals surface area (Å²) in [5, 5.41) is 0. The lowest BCUT2D eigenvalue weighted by molar-refractivity contribution is 0.135. The minimum Gasteiger partial charge on any atom is -0.356 e. The molecular formula is C41H82N2. The first-order valence-corrected chi connectivity index (χ1v) is 20.5. The third-order valence-electron chi connectivity index (χ3n) is 10.1. The highest BCUT2D eigenvalue weighted by Gasteiger charge is 2.24. The van der Waals surface area contributed by atoms with Gasteiger partial charge in [0, 0.05) is 25.5 Å². The van der Waals surface area contributed by atoms with Gasteiger partial charge in [-0.1, -0.05) is 207 Å². The number of rotatable bonds is 35. The van der Waals surface area contributed by atoms with Gasteiger partial charge in [-0.2, -0.15) is 0 Å². The Bertz CT molecular complexity index is 518. The van der Waals surface area contributed by atoms with E-state index in [1.807, 2.05) is 0 Å². The molecule has 0 radical (unpaired) electrons. The van der Waals surface area contributed by atoms with Crippen molar-refractivity contribution in [2.45, 2.75) is 239 Å². The fourth-order valence-electron chi connectivity index (χ4n) is 7.07. The van der Waals surface area contributed by atoms with Crippen molar-refractivity contribution >= 4 is 0 Å². The second kappa shape index (κ2) is 32.7. The van der Waals surface area contributed by atoms with Gasteiger partial charge >= 0.3 is 0 Å². The first-order valence-electron chi connectivity index (χ1n) is 20.5. The molecule has 256 valence electrons. The molecule has 2 heteroatoms. The highest BCUT2D eigenvalue weighted by molar-refractivity contribution is 4.97. The van der Waals surface area contributed by atoms with Crippen molar-refractivity contribution in [1.82, 2.24) is 9.80 Å². The summed E-state index contributed by atoms with van der Waals surface area (Å²) < 4.78 is 0. The third-order valence-corrected chi connectivity index (χ3v) is 10.1. The van der Waals surface area contributed by atoms with Crippen LogP contribution < -0.4 is 0 Å². The molecular weight excluding hydrogens is 520 g/mol. The van der Waals surface area contributed by atoms with Crippen molar-refractivity contribution < 1.29 is 0 Å². The van der Waals surface area contributed by atoms with E-state index in [1.54, 1.807) is 0 Å². The maximum Gasteiger partial charge on any atom is 0.101 e. The summed E-state index contributed by atoms with van der Waals surface area (Å²) in [4.78, 5) is 5.43. The molecule has 0 saturated heterocycles. The van der Waals surface area contributed by atoms with Gasteiger partial charge in [-0.15, -0.1) is 0 Å². The molecule has 0 aromatic heterocycles. The van der Waals surface area contributed by atoms with Gasteiger partial charge in [0.2, 0.25) is 0 Å². The van der Waals surface area contributed by atoms with Gasteiger partial charge in [0.15, 0.2) is 0 Å². The molecule has 0 fully saturated rings. The van der Waals surface area contributed by atoms with Gasteiger partial charge < -0.3 is 9.80 Å². The largest absolute Gasteiger partial charge is 0.356 e. The van der Waals surface area contributed by atoms with Crippen LogP contribution in [0.4, 0.5) is 0 Å². The summed E-state index contributed by atoms with van der Waals surface area (Å²) in [6.45, 7) is 9.49. The van der Waals surface area contributed by atoms with E-state index in [-0.39, 0.29) is 0 Å². The monoisotopic (exact) mass is 603 g/mol. The van der Waals surface area contributed by atoms with E-state index in [0.29, 0.717) is 6.17 Å². The topological polar surface area (TPSA) is 6.48 Å². The molecule has 1 aliphatic heterocycles. The van der Waals surface area contributed by atoms with Gasteiger partial charge in [0.25, 0.3) is 0 Å². The average Bonchev–Trinajstić information content (AvgIpc) is 3.40. The van der Waals surface area contributed by atoms with Crippen LogP contribution >= 0.6 is 0 Å². The molecule has 0 N–H and O–H groups in total. The first kappa shape index (κ1) is 40.4. The normalized spacial score (nSPS) is 13.7. The van der Waals surface area contributed by atoms with Crippen molar-refractivity contribution in [2.75, 3.05) is 13.1 Å². The molecule has 43 heavy (non-hydrogen) atoms. The number of hydrogen-bond acceptors (Lipinski definition) is 2. The Hall–Kier alpha value is -0.660. The van der Waals surface area contributed by atoms with Crippen LogP contribution in [0, 0.1) is 0 Å². The Morgan fingerprint density at radius 1 is 0.302 bits per heavy atom. The maximum atomic E-state index is 2.72. The van der Waals surface area contributed by atoms with E-state index in [0.717, 1.165) is 0 Å². The molecule has 0 atom stereocenters. The Morgan fingerprint density at radius 3 is 0.814 bits per heavy atom. The standard InChI is InChI=1S/C41H82N2/c1-4-7-10-13-16-18-20-22-24-26-28-31-34-37-42-39-40-43(41(42)36-33-30-15-12-9-6-3)38-35-32-29-27-25-23-21-19-17-14-11-8-5-2/h39-41H,4-38H2,1-3H3. The zero-order valence-electron chi connectivity index (χ0n) is 30.4. The summed E-state index contributed by atoms with van der Waals surface area (Å²) >= 11 is 0. The van der Waals surface area contributed by atoms with E-state index in [1.165, 1.54) is 225 Å². The fourth-order valence-corrected chi connectivity index (χ4v) is 7.07. The SMILES string of the molecule is CCCCCCCCCCCCCCCN1C=CN(CCCCCCCCCCCCCCC)C1CCCCCCCC. The van der Waals surface area contributed by atoms with Gasteiger partial charge in [0.1, 0.15) is 6.17 Å². The van der Waals surface area contributed by atoms with Crippen LogP contribution in [0.2, 0.25) is 0 Å². The summed E-state index contributed by atoms with van der Waals surface area (Å²) in [6.07, 6.45) is 52.9. The van der Waals surface area contributed by atoms with Crippen molar-refractivity contribution in [3.8, 4) is 0 Å². The molecule has 1 heterocycles.